The SMILES string of the molecule is Cc1cc(=O)c(C(=O)N(CCBr)CC(F)F)c[nH]1. The van der Waals surface area contributed by atoms with Gasteiger partial charge in [0.2, 0.25) is 0 Å². The maximum absolute atomic E-state index is 12.4. The maximum atomic E-state index is 12.4. The molecule has 0 aromatic carbocycles. The highest BCUT2D eigenvalue weighted by molar-refractivity contribution is 9.09. The second-order valence-corrected chi connectivity index (χ2v) is 4.52. The molecule has 0 radical (unpaired) electrons. The zero-order chi connectivity index (χ0) is 13.7. The third-order valence-corrected chi connectivity index (χ3v) is 2.64. The van der Waals surface area contributed by atoms with Crippen molar-refractivity contribution in [2.24, 2.45) is 0 Å². The summed E-state index contributed by atoms with van der Waals surface area (Å²) in [6, 6.07) is 1.27. The van der Waals surface area contributed by atoms with Gasteiger partial charge in [0.25, 0.3) is 12.3 Å². The molecular weight excluding hydrogens is 310 g/mol. The number of aromatic amines is 1. The van der Waals surface area contributed by atoms with Gasteiger partial charge in [0.05, 0.1) is 6.54 Å². The summed E-state index contributed by atoms with van der Waals surface area (Å²) in [6.45, 7) is 1.11. The summed E-state index contributed by atoms with van der Waals surface area (Å²) in [5.74, 6) is -0.684. The quantitative estimate of drug-likeness (QED) is 0.840. The van der Waals surface area contributed by atoms with Crippen molar-refractivity contribution < 1.29 is 13.6 Å². The molecule has 0 fully saturated rings. The standard InChI is InChI=1S/C11H13BrF2N2O2/c1-7-4-9(17)8(5-15-7)11(18)16(3-2-12)6-10(13)14/h4-5,10H,2-3,6H2,1H3,(H,15,17). The Kier molecular flexibility index (Phi) is 5.46. The van der Waals surface area contributed by atoms with E-state index in [0.717, 1.165) is 4.90 Å². The fourth-order valence-corrected chi connectivity index (χ4v) is 1.88. The van der Waals surface area contributed by atoms with Crippen molar-refractivity contribution in [1.29, 1.82) is 0 Å². The number of hydrogen-bond donors (Lipinski definition) is 1. The van der Waals surface area contributed by atoms with E-state index in [4.69, 9.17) is 0 Å². The molecule has 0 bridgehead atoms. The van der Waals surface area contributed by atoms with E-state index in [-0.39, 0.29) is 12.1 Å². The molecule has 0 unspecified atom stereocenters. The minimum atomic E-state index is -2.63. The Labute approximate surface area is 111 Å². The number of nitrogens with zero attached hydrogens (tertiary/aromatic N) is 1. The number of aryl methyl sites for hydroxylation is 1. The topological polar surface area (TPSA) is 53.2 Å². The van der Waals surface area contributed by atoms with Crippen LogP contribution in [-0.4, -0.2) is 40.6 Å². The number of rotatable bonds is 5. The molecule has 18 heavy (non-hydrogen) atoms. The number of alkyl halides is 3. The van der Waals surface area contributed by atoms with E-state index in [1.807, 2.05) is 0 Å². The van der Waals surface area contributed by atoms with Crippen LogP contribution in [0.2, 0.25) is 0 Å². The van der Waals surface area contributed by atoms with E-state index in [1.165, 1.54) is 12.3 Å². The van der Waals surface area contributed by atoms with Crippen molar-refractivity contribution in [2.75, 3.05) is 18.4 Å². The highest BCUT2D eigenvalue weighted by Crippen LogP contribution is 2.05. The molecule has 1 aromatic rings. The molecule has 7 heteroatoms. The third-order valence-electron chi connectivity index (χ3n) is 2.29. The molecule has 1 heterocycles. The molecule has 0 aliphatic rings. The lowest BCUT2D eigenvalue weighted by molar-refractivity contribution is 0.0571. The molecule has 0 spiro atoms. The second kappa shape index (κ2) is 6.63. The maximum Gasteiger partial charge on any atom is 0.259 e. The van der Waals surface area contributed by atoms with Gasteiger partial charge < -0.3 is 9.88 Å². The van der Waals surface area contributed by atoms with Crippen LogP contribution in [0.15, 0.2) is 17.1 Å². The molecule has 0 atom stereocenters. The third kappa shape index (κ3) is 3.90. The summed E-state index contributed by atoms with van der Waals surface area (Å²) in [6.07, 6.45) is -1.37. The van der Waals surface area contributed by atoms with Crippen molar-refractivity contribution in [2.45, 2.75) is 13.3 Å². The average molecular weight is 323 g/mol. The summed E-state index contributed by atoms with van der Waals surface area (Å²) >= 11 is 3.09. The van der Waals surface area contributed by atoms with Crippen LogP contribution in [0.25, 0.3) is 0 Å². The largest absolute Gasteiger partial charge is 0.364 e. The van der Waals surface area contributed by atoms with Gasteiger partial charge in [-0.25, -0.2) is 8.78 Å². The predicted octanol–water partition coefficient (Wildman–Crippen LogP) is 1.79. The van der Waals surface area contributed by atoms with Crippen LogP contribution in [0.4, 0.5) is 8.78 Å². The van der Waals surface area contributed by atoms with Crippen molar-refractivity contribution in [3.8, 4) is 0 Å². The van der Waals surface area contributed by atoms with E-state index < -0.39 is 24.3 Å². The van der Waals surface area contributed by atoms with Gasteiger partial charge in [-0.1, -0.05) is 15.9 Å². The zero-order valence-corrected chi connectivity index (χ0v) is 11.3. The number of H-pyrrole nitrogens is 1. The van der Waals surface area contributed by atoms with Crippen LogP contribution in [0.3, 0.4) is 0 Å². The smallest absolute Gasteiger partial charge is 0.259 e. The summed E-state index contributed by atoms with van der Waals surface area (Å²) < 4.78 is 24.7. The number of nitrogens with one attached hydrogen (secondary N) is 1. The Morgan fingerprint density at radius 3 is 2.72 bits per heavy atom. The van der Waals surface area contributed by atoms with Gasteiger partial charge in [0, 0.05) is 29.8 Å². The molecule has 0 aliphatic carbocycles. The number of pyridine rings is 1. The first kappa shape index (κ1) is 14.8. The molecule has 0 saturated heterocycles. The van der Waals surface area contributed by atoms with Gasteiger partial charge in [-0.05, 0) is 6.92 Å². The molecule has 100 valence electrons. The fraction of sp³-hybridized carbons (Fsp3) is 0.455. The van der Waals surface area contributed by atoms with Gasteiger partial charge in [-0.15, -0.1) is 0 Å². The Balaban J connectivity index is 2.98. The van der Waals surface area contributed by atoms with Crippen LogP contribution in [0.5, 0.6) is 0 Å². The Morgan fingerprint density at radius 1 is 1.56 bits per heavy atom. The predicted molar refractivity (Wildman–Crippen MR) is 67.5 cm³/mol. The van der Waals surface area contributed by atoms with Crippen molar-refractivity contribution >= 4 is 21.8 Å². The Morgan fingerprint density at radius 2 is 2.22 bits per heavy atom. The first-order chi connectivity index (χ1) is 8.45. The zero-order valence-electron chi connectivity index (χ0n) is 9.75. The Bertz CT molecular complexity index is 476. The number of hydrogen-bond acceptors (Lipinski definition) is 2. The monoisotopic (exact) mass is 322 g/mol. The highest BCUT2D eigenvalue weighted by Gasteiger charge is 2.21. The lowest BCUT2D eigenvalue weighted by Crippen LogP contribution is -2.38. The van der Waals surface area contributed by atoms with Gasteiger partial charge in [0.15, 0.2) is 5.43 Å². The lowest BCUT2D eigenvalue weighted by atomic mass is 10.2. The van der Waals surface area contributed by atoms with Gasteiger partial charge >= 0.3 is 0 Å². The number of aromatic nitrogens is 1. The van der Waals surface area contributed by atoms with Crippen LogP contribution < -0.4 is 5.43 Å². The molecular formula is C11H13BrF2N2O2. The van der Waals surface area contributed by atoms with Gasteiger partial charge in [-0.3, -0.25) is 9.59 Å². The van der Waals surface area contributed by atoms with Crippen molar-refractivity contribution in [1.82, 2.24) is 9.88 Å². The normalized spacial score (nSPS) is 10.7. The van der Waals surface area contributed by atoms with E-state index in [0.29, 0.717) is 11.0 Å². The van der Waals surface area contributed by atoms with Crippen molar-refractivity contribution in [3.05, 3.63) is 33.7 Å². The summed E-state index contributed by atoms with van der Waals surface area (Å²) in [4.78, 5) is 27.2. The van der Waals surface area contributed by atoms with E-state index in [2.05, 4.69) is 20.9 Å². The fourth-order valence-electron chi connectivity index (χ4n) is 1.46. The molecule has 4 nitrogen and oxygen atoms in total. The second-order valence-electron chi connectivity index (χ2n) is 3.73. The Hall–Kier alpha value is -1.24. The number of halogens is 3. The highest BCUT2D eigenvalue weighted by atomic mass is 79.9. The van der Waals surface area contributed by atoms with Gasteiger partial charge in [-0.2, -0.15) is 0 Å². The average Bonchev–Trinajstić information content (AvgIpc) is 2.27. The van der Waals surface area contributed by atoms with Crippen LogP contribution >= 0.6 is 15.9 Å². The molecule has 0 aliphatic heterocycles. The van der Waals surface area contributed by atoms with E-state index >= 15 is 0 Å². The summed E-state index contributed by atoms with van der Waals surface area (Å²) in [7, 11) is 0. The molecule has 1 N–H and O–H groups in total. The van der Waals surface area contributed by atoms with Crippen LogP contribution in [-0.2, 0) is 0 Å². The number of amides is 1. The first-order valence-electron chi connectivity index (χ1n) is 5.28. The number of carbonyl (C=O) groups is 1. The van der Waals surface area contributed by atoms with Crippen LogP contribution in [0, 0.1) is 6.92 Å². The van der Waals surface area contributed by atoms with Crippen LogP contribution in [0.1, 0.15) is 16.1 Å². The summed E-state index contributed by atoms with van der Waals surface area (Å²) in [5.41, 5.74) is 0.0183. The molecule has 1 amide bonds. The minimum Gasteiger partial charge on any atom is -0.364 e. The van der Waals surface area contributed by atoms with Gasteiger partial charge in [0.1, 0.15) is 5.56 Å². The van der Waals surface area contributed by atoms with E-state index in [1.54, 1.807) is 6.92 Å². The molecule has 1 aromatic heterocycles. The first-order valence-corrected chi connectivity index (χ1v) is 6.40. The molecule has 1 rings (SSSR count). The summed E-state index contributed by atoms with van der Waals surface area (Å²) in [5, 5.41) is 0.370. The van der Waals surface area contributed by atoms with Crippen molar-refractivity contribution in [3.63, 3.8) is 0 Å². The molecule has 0 saturated carbocycles. The lowest BCUT2D eigenvalue weighted by Gasteiger charge is -2.20. The minimum absolute atomic E-state index is 0.122. The van der Waals surface area contributed by atoms with E-state index in [9.17, 15) is 18.4 Å². The number of carbonyl (C=O) groups excluding carboxylic acids is 1.